The van der Waals surface area contributed by atoms with E-state index in [1.54, 1.807) is 42.4 Å². The van der Waals surface area contributed by atoms with Crippen molar-refractivity contribution in [3.05, 3.63) is 72.3 Å². The first-order chi connectivity index (χ1) is 13.9. The highest BCUT2D eigenvalue weighted by Gasteiger charge is 2.35. The van der Waals surface area contributed by atoms with Gasteiger partial charge in [0.05, 0.1) is 18.6 Å². The maximum atomic E-state index is 13.2. The van der Waals surface area contributed by atoms with Gasteiger partial charge in [-0.2, -0.15) is 0 Å². The Morgan fingerprint density at radius 3 is 2.34 bits per heavy atom. The number of hydrogen-bond donors (Lipinski definition) is 0. The summed E-state index contributed by atoms with van der Waals surface area (Å²) in [5, 5.41) is 0. The van der Waals surface area contributed by atoms with Crippen molar-refractivity contribution in [2.75, 3.05) is 25.2 Å². The van der Waals surface area contributed by atoms with E-state index < -0.39 is 9.84 Å². The van der Waals surface area contributed by atoms with Gasteiger partial charge in [-0.05, 0) is 48.4 Å². The van der Waals surface area contributed by atoms with Gasteiger partial charge in [0.25, 0.3) is 5.91 Å². The molecule has 0 radical (unpaired) electrons. The maximum Gasteiger partial charge on any atom is 0.254 e. The highest BCUT2D eigenvalue weighted by atomic mass is 32.2. The van der Waals surface area contributed by atoms with Gasteiger partial charge >= 0.3 is 0 Å². The molecule has 1 atom stereocenters. The number of nitrogens with zero attached hydrogens (tertiary/aromatic N) is 1. The average molecular weight is 416 g/mol. The van der Waals surface area contributed by atoms with Crippen LogP contribution in [0.4, 0.5) is 0 Å². The monoisotopic (exact) mass is 415 g/mol. The topological polar surface area (TPSA) is 72.9 Å². The largest absolute Gasteiger partial charge is 0.497 e. The molecule has 1 saturated heterocycles. The average Bonchev–Trinajstić information content (AvgIpc) is 3.10. The standard InChI is InChI=1S/C22H25NO5S/c1-3-13-28-21-10-6-18(7-11-21)22(24)23(19-12-14-29(25,26)16-19)15-17-4-8-20(27-2)9-5-17/h3-11,19H,1,12-16H2,2H3. The molecule has 29 heavy (non-hydrogen) atoms. The SMILES string of the molecule is C=CCOc1ccc(C(=O)N(Cc2ccc(OC)cc2)C2CCS(=O)(=O)C2)cc1. The molecular weight excluding hydrogens is 390 g/mol. The second kappa shape index (κ2) is 9.13. The lowest BCUT2D eigenvalue weighted by atomic mass is 10.1. The summed E-state index contributed by atoms with van der Waals surface area (Å²) < 4.78 is 34.7. The van der Waals surface area contributed by atoms with Gasteiger partial charge in [0.1, 0.15) is 18.1 Å². The van der Waals surface area contributed by atoms with Gasteiger partial charge in [0, 0.05) is 18.2 Å². The normalized spacial score (nSPS) is 17.5. The van der Waals surface area contributed by atoms with E-state index in [0.29, 0.717) is 30.9 Å². The van der Waals surface area contributed by atoms with Crippen LogP contribution in [0.5, 0.6) is 11.5 Å². The highest BCUT2D eigenvalue weighted by molar-refractivity contribution is 7.91. The molecule has 2 aromatic rings. The highest BCUT2D eigenvalue weighted by Crippen LogP contribution is 2.24. The van der Waals surface area contributed by atoms with Crippen LogP contribution in [-0.4, -0.2) is 50.5 Å². The van der Waals surface area contributed by atoms with E-state index in [4.69, 9.17) is 9.47 Å². The Bertz CT molecular complexity index is 952. The number of benzene rings is 2. The zero-order chi connectivity index (χ0) is 20.9. The predicted molar refractivity (Wildman–Crippen MR) is 112 cm³/mol. The van der Waals surface area contributed by atoms with E-state index in [0.717, 1.165) is 11.3 Å². The van der Waals surface area contributed by atoms with E-state index >= 15 is 0 Å². The number of hydrogen-bond acceptors (Lipinski definition) is 5. The van der Waals surface area contributed by atoms with Crippen LogP contribution in [0.15, 0.2) is 61.2 Å². The Morgan fingerprint density at radius 2 is 1.79 bits per heavy atom. The second-order valence-corrected chi connectivity index (χ2v) is 9.19. The Hall–Kier alpha value is -2.80. The van der Waals surface area contributed by atoms with Crippen molar-refractivity contribution >= 4 is 15.7 Å². The minimum absolute atomic E-state index is 0.00454. The van der Waals surface area contributed by atoms with Crippen LogP contribution >= 0.6 is 0 Å². The van der Waals surface area contributed by atoms with Gasteiger partial charge in [0.15, 0.2) is 9.84 Å². The number of rotatable bonds is 8. The molecule has 0 bridgehead atoms. The Balaban J connectivity index is 1.83. The lowest BCUT2D eigenvalue weighted by Gasteiger charge is -2.28. The number of carbonyl (C=O) groups is 1. The molecule has 0 saturated carbocycles. The van der Waals surface area contributed by atoms with Crippen molar-refractivity contribution in [2.45, 2.75) is 19.0 Å². The minimum atomic E-state index is -3.12. The molecule has 1 unspecified atom stereocenters. The molecule has 1 amide bonds. The van der Waals surface area contributed by atoms with Gasteiger partial charge in [-0.3, -0.25) is 4.79 Å². The first-order valence-electron chi connectivity index (χ1n) is 9.40. The van der Waals surface area contributed by atoms with Crippen molar-refractivity contribution in [2.24, 2.45) is 0 Å². The van der Waals surface area contributed by atoms with E-state index in [2.05, 4.69) is 6.58 Å². The van der Waals surface area contributed by atoms with Gasteiger partial charge in [-0.1, -0.05) is 24.8 Å². The summed E-state index contributed by atoms with van der Waals surface area (Å²) in [6, 6.07) is 13.9. The Kier molecular flexibility index (Phi) is 6.59. The lowest BCUT2D eigenvalue weighted by Crippen LogP contribution is -2.40. The zero-order valence-corrected chi connectivity index (χ0v) is 17.2. The molecule has 7 heteroatoms. The third kappa shape index (κ3) is 5.38. The quantitative estimate of drug-likeness (QED) is 0.620. The fourth-order valence-electron chi connectivity index (χ4n) is 3.33. The summed E-state index contributed by atoms with van der Waals surface area (Å²) in [6.07, 6.45) is 2.10. The molecule has 0 aromatic heterocycles. The van der Waals surface area contributed by atoms with E-state index in [9.17, 15) is 13.2 Å². The van der Waals surface area contributed by atoms with Crippen molar-refractivity contribution in [3.8, 4) is 11.5 Å². The van der Waals surface area contributed by atoms with Crippen LogP contribution in [0, 0.1) is 0 Å². The van der Waals surface area contributed by atoms with Gasteiger partial charge < -0.3 is 14.4 Å². The smallest absolute Gasteiger partial charge is 0.254 e. The van der Waals surface area contributed by atoms with Gasteiger partial charge in [-0.25, -0.2) is 8.42 Å². The number of amides is 1. The van der Waals surface area contributed by atoms with Gasteiger partial charge in [-0.15, -0.1) is 0 Å². The fourth-order valence-corrected chi connectivity index (χ4v) is 5.06. The summed E-state index contributed by atoms with van der Waals surface area (Å²) in [5.41, 5.74) is 1.41. The molecule has 0 spiro atoms. The van der Waals surface area contributed by atoms with Crippen LogP contribution in [0.2, 0.25) is 0 Å². The molecule has 154 valence electrons. The molecule has 1 fully saturated rings. The first-order valence-corrected chi connectivity index (χ1v) is 11.2. The number of carbonyl (C=O) groups excluding carboxylic acids is 1. The van der Waals surface area contributed by atoms with E-state index in [-0.39, 0.29) is 23.5 Å². The molecular formula is C22H25NO5S. The minimum Gasteiger partial charge on any atom is -0.497 e. The molecule has 2 aromatic carbocycles. The summed E-state index contributed by atoms with van der Waals surface area (Å²) in [6.45, 7) is 4.33. The van der Waals surface area contributed by atoms with E-state index in [1.165, 1.54) is 0 Å². The van der Waals surface area contributed by atoms with Crippen molar-refractivity contribution < 1.29 is 22.7 Å². The molecule has 1 aliphatic rings. The van der Waals surface area contributed by atoms with Crippen LogP contribution in [0.3, 0.4) is 0 Å². The number of sulfone groups is 1. The fraction of sp³-hybridized carbons (Fsp3) is 0.318. The van der Waals surface area contributed by atoms with Crippen molar-refractivity contribution in [1.82, 2.24) is 4.90 Å². The first kappa shape index (κ1) is 20.9. The Morgan fingerprint density at radius 1 is 1.14 bits per heavy atom. The van der Waals surface area contributed by atoms with Crippen LogP contribution < -0.4 is 9.47 Å². The number of ether oxygens (including phenoxy) is 2. The number of methoxy groups -OCH3 is 1. The molecule has 1 heterocycles. The summed E-state index contributed by atoms with van der Waals surface area (Å²) >= 11 is 0. The third-order valence-corrected chi connectivity index (χ3v) is 6.64. The van der Waals surface area contributed by atoms with Gasteiger partial charge in [0.2, 0.25) is 0 Å². The van der Waals surface area contributed by atoms with Crippen LogP contribution in [-0.2, 0) is 16.4 Å². The Labute approximate surface area is 171 Å². The molecule has 6 nitrogen and oxygen atoms in total. The van der Waals surface area contributed by atoms with E-state index in [1.807, 2.05) is 24.3 Å². The molecule has 0 aliphatic carbocycles. The summed E-state index contributed by atoms with van der Waals surface area (Å²) in [4.78, 5) is 14.9. The second-order valence-electron chi connectivity index (χ2n) is 6.96. The maximum absolute atomic E-state index is 13.2. The van der Waals surface area contributed by atoms with Crippen molar-refractivity contribution in [1.29, 1.82) is 0 Å². The predicted octanol–water partition coefficient (Wildman–Crippen LogP) is 3.09. The molecule has 1 aliphatic heterocycles. The molecule has 3 rings (SSSR count). The summed E-state index contributed by atoms with van der Waals surface area (Å²) in [7, 11) is -1.53. The third-order valence-electron chi connectivity index (χ3n) is 4.89. The lowest BCUT2D eigenvalue weighted by molar-refractivity contribution is 0.0681. The van der Waals surface area contributed by atoms with Crippen LogP contribution in [0.25, 0.3) is 0 Å². The zero-order valence-electron chi connectivity index (χ0n) is 16.4. The molecule has 0 N–H and O–H groups in total. The summed E-state index contributed by atoms with van der Waals surface area (Å²) in [5.74, 6) is 1.28. The van der Waals surface area contributed by atoms with Crippen LogP contribution in [0.1, 0.15) is 22.3 Å². The van der Waals surface area contributed by atoms with Crippen molar-refractivity contribution in [3.63, 3.8) is 0 Å².